The highest BCUT2D eigenvalue weighted by Crippen LogP contribution is 2.32. The van der Waals surface area contributed by atoms with Gasteiger partial charge < -0.3 is 0 Å². The molecule has 3 nitrogen and oxygen atoms in total. The molecule has 1 aromatic carbocycles. The summed E-state index contributed by atoms with van der Waals surface area (Å²) >= 11 is 11.5. The van der Waals surface area contributed by atoms with E-state index in [0.29, 0.717) is 6.54 Å². The number of hydrogen-bond donors (Lipinski definition) is 0. The van der Waals surface area contributed by atoms with E-state index in [9.17, 15) is 12.8 Å². The Bertz CT molecular complexity index is 634. The van der Waals surface area contributed by atoms with E-state index in [-0.39, 0.29) is 33.3 Å². The number of rotatable bonds is 4. The van der Waals surface area contributed by atoms with Crippen LogP contribution in [0.1, 0.15) is 32.3 Å². The summed E-state index contributed by atoms with van der Waals surface area (Å²) in [6.07, 6.45) is 1.65. The summed E-state index contributed by atoms with van der Waals surface area (Å²) in [4.78, 5) is -0.0763. The van der Waals surface area contributed by atoms with E-state index in [2.05, 4.69) is 0 Å². The van der Waals surface area contributed by atoms with Gasteiger partial charge in [-0.15, -0.1) is 11.6 Å². The Kier molecular flexibility index (Phi) is 5.19. The van der Waals surface area contributed by atoms with Crippen molar-refractivity contribution in [2.45, 2.75) is 43.5 Å². The normalized spacial score (nSPS) is 20.4. The van der Waals surface area contributed by atoms with Crippen molar-refractivity contribution in [1.29, 1.82) is 0 Å². The molecule has 1 aliphatic rings. The van der Waals surface area contributed by atoms with Crippen molar-refractivity contribution in [3.8, 4) is 0 Å². The number of hydrogen-bond acceptors (Lipinski definition) is 2. The molecule has 0 spiro atoms. The average Bonchev–Trinajstić information content (AvgIpc) is 2.91. The van der Waals surface area contributed by atoms with Gasteiger partial charge in [-0.1, -0.05) is 25.4 Å². The van der Waals surface area contributed by atoms with E-state index in [0.717, 1.165) is 18.9 Å². The highest BCUT2D eigenvalue weighted by atomic mass is 35.5. The Balaban J connectivity index is 2.47. The summed E-state index contributed by atoms with van der Waals surface area (Å²) < 4.78 is 40.8. The second kappa shape index (κ2) is 6.41. The molecule has 1 fully saturated rings. The first-order valence-corrected chi connectivity index (χ1v) is 9.20. The molecule has 1 saturated heterocycles. The maximum Gasteiger partial charge on any atom is 0.243 e. The largest absolute Gasteiger partial charge is 0.243 e. The summed E-state index contributed by atoms with van der Waals surface area (Å²) in [5.74, 6) is -0.576. The van der Waals surface area contributed by atoms with E-state index in [4.69, 9.17) is 23.2 Å². The quantitative estimate of drug-likeness (QED) is 0.766. The summed E-state index contributed by atoms with van der Waals surface area (Å²) in [5.41, 5.74) is 0.289. The van der Waals surface area contributed by atoms with E-state index < -0.39 is 15.8 Å². The van der Waals surface area contributed by atoms with Crippen molar-refractivity contribution in [3.63, 3.8) is 0 Å². The molecule has 0 radical (unpaired) electrons. The van der Waals surface area contributed by atoms with Crippen molar-refractivity contribution in [1.82, 2.24) is 4.31 Å². The van der Waals surface area contributed by atoms with Crippen LogP contribution in [0.25, 0.3) is 0 Å². The zero-order valence-corrected chi connectivity index (χ0v) is 14.3. The standard InChI is InChI=1S/C14H18Cl2FNO2S/c1-9(2)13-4-3-5-18(13)21(19,20)11-6-10(8-15)14(16)12(17)7-11/h6-7,9,13H,3-5,8H2,1-2H3. The molecule has 1 aromatic rings. The fourth-order valence-corrected chi connectivity index (χ4v) is 5.07. The number of alkyl halides is 1. The lowest BCUT2D eigenvalue weighted by molar-refractivity contribution is 0.315. The first kappa shape index (κ1) is 17.0. The molecule has 0 N–H and O–H groups in total. The van der Waals surface area contributed by atoms with Crippen molar-refractivity contribution < 1.29 is 12.8 Å². The predicted molar refractivity (Wildman–Crippen MR) is 82.7 cm³/mol. The molecule has 0 saturated carbocycles. The van der Waals surface area contributed by atoms with Crippen molar-refractivity contribution in [2.24, 2.45) is 5.92 Å². The van der Waals surface area contributed by atoms with Crippen molar-refractivity contribution in [2.75, 3.05) is 6.54 Å². The van der Waals surface area contributed by atoms with Crippen LogP contribution in [0, 0.1) is 11.7 Å². The second-order valence-electron chi connectivity index (χ2n) is 5.58. The van der Waals surface area contributed by atoms with Crippen LogP contribution >= 0.6 is 23.2 Å². The smallest absolute Gasteiger partial charge is 0.207 e. The second-order valence-corrected chi connectivity index (χ2v) is 8.12. The molecule has 7 heteroatoms. The van der Waals surface area contributed by atoms with Gasteiger partial charge in [-0.2, -0.15) is 4.31 Å². The zero-order valence-electron chi connectivity index (χ0n) is 11.9. The van der Waals surface area contributed by atoms with Gasteiger partial charge in [-0.25, -0.2) is 12.8 Å². The molecule has 118 valence electrons. The summed E-state index contributed by atoms with van der Waals surface area (Å²) in [7, 11) is -3.73. The van der Waals surface area contributed by atoms with E-state index in [1.54, 1.807) is 0 Å². The average molecular weight is 354 g/mol. The highest BCUT2D eigenvalue weighted by Gasteiger charge is 2.37. The molecule has 0 aromatic heterocycles. The molecular weight excluding hydrogens is 336 g/mol. The van der Waals surface area contributed by atoms with Crippen LogP contribution in [0.3, 0.4) is 0 Å². The molecule has 1 heterocycles. The van der Waals surface area contributed by atoms with Gasteiger partial charge >= 0.3 is 0 Å². The molecule has 2 rings (SSSR count). The van der Waals surface area contributed by atoms with Gasteiger partial charge in [-0.3, -0.25) is 0 Å². The molecule has 1 aliphatic heterocycles. The van der Waals surface area contributed by atoms with E-state index in [1.807, 2.05) is 13.8 Å². The molecule has 0 amide bonds. The third-order valence-corrected chi connectivity index (χ3v) is 6.46. The zero-order chi connectivity index (χ0) is 15.8. The minimum absolute atomic E-state index is 0.0350. The maximum atomic E-state index is 13.8. The Morgan fingerprint density at radius 2 is 2.10 bits per heavy atom. The monoisotopic (exact) mass is 353 g/mol. The molecule has 0 aliphatic carbocycles. The maximum absolute atomic E-state index is 13.8. The van der Waals surface area contributed by atoms with Gasteiger partial charge in [0.1, 0.15) is 5.82 Å². The number of sulfonamides is 1. The van der Waals surface area contributed by atoms with Crippen LogP contribution < -0.4 is 0 Å². The first-order chi connectivity index (χ1) is 9.78. The molecule has 21 heavy (non-hydrogen) atoms. The lowest BCUT2D eigenvalue weighted by Gasteiger charge is -2.27. The fraction of sp³-hybridized carbons (Fsp3) is 0.571. The Morgan fingerprint density at radius 3 is 2.67 bits per heavy atom. The summed E-state index contributed by atoms with van der Waals surface area (Å²) in [6, 6.07) is 2.29. The van der Waals surface area contributed by atoms with Gasteiger partial charge in [0.15, 0.2) is 0 Å². The fourth-order valence-electron chi connectivity index (χ4n) is 2.73. The van der Waals surface area contributed by atoms with Crippen LogP contribution in [0.2, 0.25) is 5.02 Å². The SMILES string of the molecule is CC(C)C1CCCN1S(=O)(=O)c1cc(F)c(Cl)c(CCl)c1. The third kappa shape index (κ3) is 3.21. The third-order valence-electron chi connectivity index (χ3n) is 3.85. The molecule has 0 bridgehead atoms. The Hall–Kier alpha value is -0.360. The summed E-state index contributed by atoms with van der Waals surface area (Å²) in [5, 5.41) is -0.120. The van der Waals surface area contributed by atoms with Gasteiger partial charge in [0.05, 0.1) is 9.92 Å². The number of halogens is 3. The van der Waals surface area contributed by atoms with Crippen LogP contribution in [0.5, 0.6) is 0 Å². The van der Waals surface area contributed by atoms with Crippen LogP contribution in [0.15, 0.2) is 17.0 Å². The van der Waals surface area contributed by atoms with Crippen LogP contribution in [0.4, 0.5) is 4.39 Å². The van der Waals surface area contributed by atoms with Crippen molar-refractivity contribution >= 4 is 33.2 Å². The minimum Gasteiger partial charge on any atom is -0.207 e. The number of nitrogens with zero attached hydrogens (tertiary/aromatic N) is 1. The van der Waals surface area contributed by atoms with Gasteiger partial charge in [0.25, 0.3) is 0 Å². The van der Waals surface area contributed by atoms with E-state index in [1.165, 1.54) is 10.4 Å². The predicted octanol–water partition coefficient (Wildman–Crippen LogP) is 4.03. The van der Waals surface area contributed by atoms with Crippen LogP contribution in [-0.2, 0) is 15.9 Å². The highest BCUT2D eigenvalue weighted by molar-refractivity contribution is 7.89. The molecular formula is C14H18Cl2FNO2S. The topological polar surface area (TPSA) is 37.4 Å². The minimum atomic E-state index is -3.73. The van der Waals surface area contributed by atoms with E-state index >= 15 is 0 Å². The molecule has 1 unspecified atom stereocenters. The van der Waals surface area contributed by atoms with Gasteiger partial charge in [-0.05, 0) is 36.5 Å². The van der Waals surface area contributed by atoms with Gasteiger partial charge in [0.2, 0.25) is 10.0 Å². The lowest BCUT2D eigenvalue weighted by Crippen LogP contribution is -2.38. The Morgan fingerprint density at radius 1 is 1.43 bits per heavy atom. The lowest BCUT2D eigenvalue weighted by atomic mass is 10.0. The van der Waals surface area contributed by atoms with Crippen LogP contribution in [-0.4, -0.2) is 25.3 Å². The number of benzene rings is 1. The first-order valence-electron chi connectivity index (χ1n) is 6.84. The van der Waals surface area contributed by atoms with Crippen molar-refractivity contribution in [3.05, 3.63) is 28.5 Å². The Labute approximate surface area is 135 Å². The molecule has 1 atom stereocenters. The van der Waals surface area contributed by atoms with Gasteiger partial charge in [0, 0.05) is 18.5 Å². The summed E-state index contributed by atoms with van der Waals surface area (Å²) in [6.45, 7) is 4.45.